The number of hydrogen-bond donors (Lipinski definition) is 0. The number of likely N-dealkylation sites (tertiary alicyclic amines) is 2. The van der Waals surface area contributed by atoms with Gasteiger partial charge in [0.15, 0.2) is 0 Å². The highest BCUT2D eigenvalue weighted by atomic mass is 16.5. The summed E-state index contributed by atoms with van der Waals surface area (Å²) in [7, 11) is 4.28. The maximum atomic E-state index is 13.2. The molecular formula is C28H52N2O4. The van der Waals surface area contributed by atoms with E-state index >= 15 is 0 Å². The second kappa shape index (κ2) is 9.38. The third-order valence-electron chi connectivity index (χ3n) is 8.87. The summed E-state index contributed by atoms with van der Waals surface area (Å²) < 4.78 is 12.0. The van der Waals surface area contributed by atoms with Crippen LogP contribution >= 0.6 is 0 Å². The van der Waals surface area contributed by atoms with E-state index in [1.54, 1.807) is 0 Å². The Morgan fingerprint density at radius 2 is 1.09 bits per heavy atom. The number of nitrogens with zero attached hydrogens (tertiary/aromatic N) is 2. The molecule has 2 rings (SSSR count). The largest absolute Gasteiger partial charge is 0.462 e. The fourth-order valence-electron chi connectivity index (χ4n) is 6.25. The van der Waals surface area contributed by atoms with E-state index in [4.69, 9.17) is 9.47 Å². The normalized spacial score (nSPS) is 26.6. The van der Waals surface area contributed by atoms with Crippen LogP contribution in [-0.2, 0) is 19.1 Å². The first kappa shape index (κ1) is 29.1. The topological polar surface area (TPSA) is 59.1 Å². The molecule has 6 heteroatoms. The summed E-state index contributed by atoms with van der Waals surface area (Å²) in [4.78, 5) is 31.0. The first-order valence-corrected chi connectivity index (χ1v) is 13.0. The van der Waals surface area contributed by atoms with Crippen LogP contribution in [0.1, 0.15) is 108 Å². The Morgan fingerprint density at radius 3 is 1.44 bits per heavy atom. The third-order valence-corrected chi connectivity index (χ3v) is 8.87. The van der Waals surface area contributed by atoms with Gasteiger partial charge in [-0.2, -0.15) is 0 Å². The predicted molar refractivity (Wildman–Crippen MR) is 138 cm³/mol. The van der Waals surface area contributed by atoms with Crippen molar-refractivity contribution in [2.24, 2.45) is 11.3 Å². The molecule has 0 radical (unpaired) electrons. The minimum atomic E-state index is -0.763. The minimum absolute atomic E-state index is 0.0470. The van der Waals surface area contributed by atoms with Crippen LogP contribution in [0.5, 0.6) is 0 Å². The lowest BCUT2D eigenvalue weighted by molar-refractivity contribution is -0.172. The molecule has 0 N–H and O–H groups in total. The molecule has 2 heterocycles. The van der Waals surface area contributed by atoms with E-state index in [-0.39, 0.29) is 52.2 Å². The predicted octanol–water partition coefficient (Wildman–Crippen LogP) is 5.43. The van der Waals surface area contributed by atoms with Gasteiger partial charge in [0.25, 0.3) is 0 Å². The second-order valence-corrected chi connectivity index (χ2v) is 14.3. The maximum absolute atomic E-state index is 13.2. The van der Waals surface area contributed by atoms with Crippen LogP contribution < -0.4 is 0 Å². The molecule has 1 atom stereocenters. The van der Waals surface area contributed by atoms with Crippen LogP contribution in [0.2, 0.25) is 0 Å². The van der Waals surface area contributed by atoms with Crippen molar-refractivity contribution in [1.82, 2.24) is 9.80 Å². The van der Waals surface area contributed by atoms with Crippen molar-refractivity contribution >= 4 is 11.9 Å². The fourth-order valence-corrected chi connectivity index (χ4v) is 6.25. The minimum Gasteiger partial charge on any atom is -0.462 e. The summed E-state index contributed by atoms with van der Waals surface area (Å²) in [6.07, 6.45) is 3.37. The van der Waals surface area contributed by atoms with E-state index < -0.39 is 5.41 Å². The molecule has 0 aromatic rings. The molecule has 0 bridgehead atoms. The average Bonchev–Trinajstić information content (AvgIpc) is 2.62. The van der Waals surface area contributed by atoms with Gasteiger partial charge in [0.1, 0.15) is 12.2 Å². The third kappa shape index (κ3) is 6.34. The van der Waals surface area contributed by atoms with Crippen molar-refractivity contribution in [3.63, 3.8) is 0 Å². The molecule has 0 amide bonds. The molecule has 2 aliphatic rings. The number of carbonyl (C=O) groups is 2. The molecule has 1 unspecified atom stereocenters. The van der Waals surface area contributed by atoms with E-state index in [2.05, 4.69) is 79.3 Å². The summed E-state index contributed by atoms with van der Waals surface area (Å²) in [5.41, 5.74) is -0.961. The summed E-state index contributed by atoms with van der Waals surface area (Å²) in [6.45, 7) is 23.2. The SMILES string of the molecule is CC(CC(C)(C)C(=O)OC1CC(C)(C)N(C)C(C)(C)C1)C(=O)OC1CC(C)(C)N(C)C(C)(C)C1. The Hall–Kier alpha value is -1.14. The Balaban J connectivity index is 1.98. The number of carbonyl (C=O) groups excluding carboxylic acids is 2. The summed E-state index contributed by atoms with van der Waals surface area (Å²) >= 11 is 0. The van der Waals surface area contributed by atoms with Gasteiger partial charge in [0, 0.05) is 47.8 Å². The van der Waals surface area contributed by atoms with E-state index in [1.165, 1.54) is 0 Å². The summed E-state index contributed by atoms with van der Waals surface area (Å²) in [5, 5.41) is 0. The van der Waals surface area contributed by atoms with Crippen LogP contribution in [-0.4, -0.2) is 70.2 Å². The van der Waals surface area contributed by atoms with Gasteiger partial charge in [-0.15, -0.1) is 0 Å². The molecule has 198 valence electrons. The van der Waals surface area contributed by atoms with Crippen LogP contribution in [0.15, 0.2) is 0 Å². The number of hydrogen-bond acceptors (Lipinski definition) is 6. The lowest BCUT2D eigenvalue weighted by Gasteiger charge is -2.53. The number of piperidine rings is 2. The van der Waals surface area contributed by atoms with Gasteiger partial charge >= 0.3 is 11.9 Å². The van der Waals surface area contributed by atoms with Gasteiger partial charge in [0.05, 0.1) is 11.3 Å². The highest BCUT2D eigenvalue weighted by Gasteiger charge is 2.47. The first-order valence-electron chi connectivity index (χ1n) is 13.0. The van der Waals surface area contributed by atoms with Gasteiger partial charge in [-0.3, -0.25) is 19.4 Å². The molecule has 2 saturated heterocycles. The Kier molecular flexibility index (Phi) is 8.03. The molecule has 0 saturated carbocycles. The zero-order chi connectivity index (χ0) is 26.5. The Bertz CT molecular complexity index is 732. The van der Waals surface area contributed by atoms with E-state index in [0.29, 0.717) is 6.42 Å². The maximum Gasteiger partial charge on any atom is 0.311 e. The smallest absolute Gasteiger partial charge is 0.311 e. The lowest BCUT2D eigenvalue weighted by atomic mass is 9.78. The first-order chi connectivity index (χ1) is 15.1. The van der Waals surface area contributed by atoms with Crippen LogP contribution in [0, 0.1) is 11.3 Å². The zero-order valence-corrected chi connectivity index (χ0v) is 24.3. The van der Waals surface area contributed by atoms with Gasteiger partial charge in [-0.25, -0.2) is 0 Å². The quantitative estimate of drug-likeness (QED) is 0.473. The average molecular weight is 481 g/mol. The lowest BCUT2D eigenvalue weighted by Crippen LogP contribution is -2.60. The molecular weight excluding hydrogens is 428 g/mol. The molecule has 0 aliphatic carbocycles. The van der Waals surface area contributed by atoms with Gasteiger partial charge in [-0.05, 0) is 89.8 Å². The van der Waals surface area contributed by atoms with Gasteiger partial charge in [0.2, 0.25) is 0 Å². The van der Waals surface area contributed by atoms with Crippen molar-refractivity contribution in [2.45, 2.75) is 143 Å². The molecule has 0 aromatic heterocycles. The Morgan fingerprint density at radius 1 is 0.765 bits per heavy atom. The second-order valence-electron chi connectivity index (χ2n) is 14.3. The highest BCUT2D eigenvalue weighted by molar-refractivity contribution is 5.78. The Labute approximate surface area is 209 Å². The molecule has 0 spiro atoms. The molecule has 2 fully saturated rings. The standard InChI is InChI=1S/C28H52N2O4/c1-19(22(31)33-20-15-25(4,5)29(12)26(6,7)16-20)14-24(2,3)23(32)34-21-17-27(8,9)30(13)28(10,11)18-21/h19-21H,14-18H2,1-13H3. The van der Waals surface area contributed by atoms with Crippen LogP contribution in [0.4, 0.5) is 0 Å². The summed E-state index contributed by atoms with van der Waals surface area (Å²) in [6, 6.07) is 0. The van der Waals surface area contributed by atoms with E-state index in [9.17, 15) is 9.59 Å². The number of ether oxygens (including phenoxy) is 2. The van der Waals surface area contributed by atoms with Crippen LogP contribution in [0.25, 0.3) is 0 Å². The van der Waals surface area contributed by atoms with E-state index in [0.717, 1.165) is 25.7 Å². The van der Waals surface area contributed by atoms with Crippen molar-refractivity contribution in [3.8, 4) is 0 Å². The van der Waals surface area contributed by atoms with Gasteiger partial charge in [-0.1, -0.05) is 6.92 Å². The number of esters is 2. The molecule has 6 nitrogen and oxygen atoms in total. The highest BCUT2D eigenvalue weighted by Crippen LogP contribution is 2.40. The summed E-state index contributed by atoms with van der Waals surface area (Å²) in [5.74, 6) is -0.822. The molecule has 0 aromatic carbocycles. The van der Waals surface area contributed by atoms with Gasteiger partial charge < -0.3 is 9.47 Å². The monoisotopic (exact) mass is 480 g/mol. The van der Waals surface area contributed by atoms with Crippen molar-refractivity contribution in [2.75, 3.05) is 14.1 Å². The fraction of sp³-hybridized carbons (Fsp3) is 0.929. The van der Waals surface area contributed by atoms with Crippen molar-refractivity contribution in [3.05, 3.63) is 0 Å². The van der Waals surface area contributed by atoms with Crippen LogP contribution in [0.3, 0.4) is 0 Å². The zero-order valence-electron chi connectivity index (χ0n) is 24.3. The number of rotatable bonds is 6. The van der Waals surface area contributed by atoms with E-state index in [1.807, 2.05) is 20.8 Å². The molecule has 2 aliphatic heterocycles. The van der Waals surface area contributed by atoms with Crippen molar-refractivity contribution < 1.29 is 19.1 Å². The molecule has 34 heavy (non-hydrogen) atoms. The van der Waals surface area contributed by atoms with Crippen molar-refractivity contribution in [1.29, 1.82) is 0 Å².